The van der Waals surface area contributed by atoms with E-state index in [0.29, 0.717) is 20.9 Å². The maximum Gasteiger partial charge on any atom is 0.257 e. The number of rotatable bonds is 3. The van der Waals surface area contributed by atoms with Crippen LogP contribution in [0.1, 0.15) is 36.7 Å². The van der Waals surface area contributed by atoms with Gasteiger partial charge in [0.15, 0.2) is 5.13 Å². The highest BCUT2D eigenvalue weighted by molar-refractivity contribution is 7.89. The van der Waals surface area contributed by atoms with E-state index in [0.717, 1.165) is 5.56 Å². The number of benzene rings is 2. The summed E-state index contributed by atoms with van der Waals surface area (Å²) >= 11 is 1.19. The van der Waals surface area contributed by atoms with Gasteiger partial charge in [-0.1, -0.05) is 44.2 Å². The van der Waals surface area contributed by atoms with Gasteiger partial charge in [-0.2, -0.15) is 0 Å². The number of nitrogens with zero attached hydrogens (tertiary/aromatic N) is 1. The molecule has 1 heterocycles. The number of aromatic nitrogens is 1. The zero-order valence-corrected chi connectivity index (χ0v) is 16.2. The average Bonchev–Trinajstić information content (AvgIpc) is 2.94. The van der Waals surface area contributed by atoms with Gasteiger partial charge in [0.1, 0.15) is 0 Å². The van der Waals surface area contributed by atoms with Crippen molar-refractivity contribution in [2.24, 2.45) is 5.14 Å². The number of thiazole rings is 1. The Labute approximate surface area is 156 Å². The van der Waals surface area contributed by atoms with Crippen LogP contribution in [0.25, 0.3) is 10.2 Å². The number of primary sulfonamides is 1. The fraction of sp³-hybridized carbons (Fsp3) is 0.222. The van der Waals surface area contributed by atoms with E-state index in [4.69, 9.17) is 5.14 Å². The van der Waals surface area contributed by atoms with Crippen molar-refractivity contribution in [2.45, 2.75) is 31.1 Å². The monoisotopic (exact) mass is 389 g/mol. The first-order valence-corrected chi connectivity index (χ1v) is 10.3. The second-order valence-corrected chi connectivity index (χ2v) is 9.57. The molecular weight excluding hydrogens is 370 g/mol. The van der Waals surface area contributed by atoms with Gasteiger partial charge < -0.3 is 0 Å². The molecule has 2 aromatic carbocycles. The lowest BCUT2D eigenvalue weighted by atomic mass is 9.87. The number of hydrogen-bond donors (Lipinski definition) is 2. The van der Waals surface area contributed by atoms with Crippen LogP contribution < -0.4 is 10.5 Å². The lowest BCUT2D eigenvalue weighted by Gasteiger charge is -2.18. The van der Waals surface area contributed by atoms with E-state index >= 15 is 0 Å². The zero-order valence-electron chi connectivity index (χ0n) is 14.6. The Morgan fingerprint density at radius 3 is 2.35 bits per heavy atom. The van der Waals surface area contributed by atoms with Crippen molar-refractivity contribution in [3.8, 4) is 0 Å². The van der Waals surface area contributed by atoms with Crippen LogP contribution in [0.5, 0.6) is 0 Å². The van der Waals surface area contributed by atoms with Crippen LogP contribution in [0.2, 0.25) is 0 Å². The van der Waals surface area contributed by atoms with Crippen LogP contribution in [0, 0.1) is 0 Å². The molecule has 3 rings (SSSR count). The van der Waals surface area contributed by atoms with Crippen LogP contribution in [0.4, 0.5) is 5.13 Å². The molecule has 3 N–H and O–H groups in total. The fourth-order valence-electron chi connectivity index (χ4n) is 2.43. The summed E-state index contributed by atoms with van der Waals surface area (Å²) in [4.78, 5) is 16.7. The highest BCUT2D eigenvalue weighted by Crippen LogP contribution is 2.28. The smallest absolute Gasteiger partial charge is 0.257 e. The van der Waals surface area contributed by atoms with Crippen molar-refractivity contribution in [3.05, 3.63) is 53.6 Å². The summed E-state index contributed by atoms with van der Waals surface area (Å²) in [6, 6.07) is 11.9. The molecule has 0 fully saturated rings. The average molecular weight is 390 g/mol. The summed E-state index contributed by atoms with van der Waals surface area (Å²) in [5.41, 5.74) is 2.29. The third kappa shape index (κ3) is 3.92. The molecule has 136 valence electrons. The molecule has 0 aliphatic heterocycles. The molecule has 0 saturated heterocycles. The van der Waals surface area contributed by atoms with E-state index in [2.05, 4.69) is 31.1 Å². The molecule has 0 radical (unpaired) electrons. The Morgan fingerprint density at radius 1 is 1.12 bits per heavy atom. The number of fused-ring (bicyclic) bond motifs is 1. The van der Waals surface area contributed by atoms with Gasteiger partial charge in [-0.15, -0.1) is 0 Å². The van der Waals surface area contributed by atoms with Gasteiger partial charge in [0.2, 0.25) is 10.0 Å². The molecular formula is C18H19N3O3S2. The number of anilines is 1. The van der Waals surface area contributed by atoms with Gasteiger partial charge in [-0.25, -0.2) is 18.5 Å². The SMILES string of the molecule is CC(C)(C)c1ccc(C(=O)Nc2nc3ccc(S(N)(=O)=O)cc3s2)cc1. The van der Waals surface area contributed by atoms with Crippen molar-refractivity contribution in [1.29, 1.82) is 0 Å². The number of sulfonamides is 1. The highest BCUT2D eigenvalue weighted by atomic mass is 32.2. The maximum absolute atomic E-state index is 12.4. The van der Waals surface area contributed by atoms with Crippen molar-refractivity contribution in [1.82, 2.24) is 4.98 Å². The van der Waals surface area contributed by atoms with Crippen LogP contribution in [0.15, 0.2) is 47.4 Å². The summed E-state index contributed by atoms with van der Waals surface area (Å²) < 4.78 is 23.5. The van der Waals surface area contributed by atoms with E-state index in [-0.39, 0.29) is 16.2 Å². The Hall–Kier alpha value is -2.29. The van der Waals surface area contributed by atoms with Gasteiger partial charge in [0.25, 0.3) is 5.91 Å². The summed E-state index contributed by atoms with van der Waals surface area (Å²) in [6.07, 6.45) is 0. The van der Waals surface area contributed by atoms with Crippen LogP contribution in [0.3, 0.4) is 0 Å². The first-order chi connectivity index (χ1) is 12.0. The largest absolute Gasteiger partial charge is 0.298 e. The number of carbonyl (C=O) groups is 1. The van der Waals surface area contributed by atoms with Gasteiger partial charge in [0.05, 0.1) is 15.1 Å². The molecule has 26 heavy (non-hydrogen) atoms. The quantitative estimate of drug-likeness (QED) is 0.716. The third-order valence-corrected chi connectivity index (χ3v) is 5.77. The van der Waals surface area contributed by atoms with E-state index in [1.54, 1.807) is 18.2 Å². The lowest BCUT2D eigenvalue weighted by molar-refractivity contribution is 0.102. The van der Waals surface area contributed by atoms with E-state index in [1.807, 2.05) is 12.1 Å². The van der Waals surface area contributed by atoms with E-state index in [1.165, 1.54) is 23.5 Å². The van der Waals surface area contributed by atoms with Gasteiger partial charge >= 0.3 is 0 Å². The number of nitrogens with one attached hydrogen (secondary N) is 1. The van der Waals surface area contributed by atoms with Crippen molar-refractivity contribution < 1.29 is 13.2 Å². The van der Waals surface area contributed by atoms with E-state index in [9.17, 15) is 13.2 Å². The van der Waals surface area contributed by atoms with Gasteiger partial charge in [-0.05, 0) is 41.3 Å². The van der Waals surface area contributed by atoms with Crippen LogP contribution in [-0.4, -0.2) is 19.3 Å². The standard InChI is InChI=1S/C18H19N3O3S2/c1-18(2,3)12-6-4-11(5-7-12)16(22)21-17-20-14-9-8-13(26(19,23)24)10-15(14)25-17/h4-10H,1-3H3,(H2,19,23,24)(H,20,21,22). The Kier molecular flexibility index (Phi) is 4.60. The molecule has 0 saturated carbocycles. The first kappa shape index (κ1) is 18.5. The number of nitrogens with two attached hydrogens (primary N) is 1. The van der Waals surface area contributed by atoms with Crippen molar-refractivity contribution >= 4 is 42.6 Å². The van der Waals surface area contributed by atoms with Crippen molar-refractivity contribution in [3.63, 3.8) is 0 Å². The third-order valence-electron chi connectivity index (χ3n) is 3.92. The van der Waals surface area contributed by atoms with E-state index < -0.39 is 10.0 Å². The molecule has 0 atom stereocenters. The summed E-state index contributed by atoms with van der Waals surface area (Å²) in [5, 5.41) is 8.29. The number of hydrogen-bond acceptors (Lipinski definition) is 5. The minimum atomic E-state index is -3.78. The predicted octanol–water partition coefficient (Wildman–Crippen LogP) is 3.49. The summed E-state index contributed by atoms with van der Waals surface area (Å²) in [6.45, 7) is 6.33. The maximum atomic E-state index is 12.4. The molecule has 0 unspecified atom stereocenters. The topological polar surface area (TPSA) is 102 Å². The molecule has 6 nitrogen and oxygen atoms in total. The summed E-state index contributed by atoms with van der Waals surface area (Å²) in [7, 11) is -3.78. The highest BCUT2D eigenvalue weighted by Gasteiger charge is 2.16. The van der Waals surface area contributed by atoms with Crippen LogP contribution >= 0.6 is 11.3 Å². The molecule has 0 aliphatic rings. The Morgan fingerprint density at radius 2 is 1.77 bits per heavy atom. The molecule has 0 bridgehead atoms. The fourth-order valence-corrected chi connectivity index (χ4v) is 3.94. The van der Waals surface area contributed by atoms with Gasteiger partial charge in [0, 0.05) is 5.56 Å². The van der Waals surface area contributed by atoms with Crippen molar-refractivity contribution in [2.75, 3.05) is 5.32 Å². The normalized spacial score (nSPS) is 12.3. The molecule has 1 aromatic heterocycles. The lowest BCUT2D eigenvalue weighted by Crippen LogP contribution is -2.14. The molecule has 3 aromatic rings. The Balaban J connectivity index is 1.83. The molecule has 0 spiro atoms. The molecule has 8 heteroatoms. The molecule has 0 aliphatic carbocycles. The number of carbonyl (C=O) groups excluding carboxylic acids is 1. The predicted molar refractivity (Wildman–Crippen MR) is 104 cm³/mol. The first-order valence-electron chi connectivity index (χ1n) is 7.89. The zero-order chi connectivity index (χ0) is 19.1. The Bertz CT molecular complexity index is 1080. The minimum Gasteiger partial charge on any atom is -0.298 e. The minimum absolute atomic E-state index is 0.0169. The number of amides is 1. The van der Waals surface area contributed by atoms with Crippen LogP contribution in [-0.2, 0) is 15.4 Å². The second-order valence-electron chi connectivity index (χ2n) is 6.98. The van der Waals surface area contributed by atoms with Gasteiger partial charge in [-0.3, -0.25) is 10.1 Å². The second kappa shape index (κ2) is 6.46. The molecule has 1 amide bonds. The summed E-state index contributed by atoms with van der Waals surface area (Å²) in [5.74, 6) is -0.267.